The van der Waals surface area contributed by atoms with Crippen LogP contribution in [-0.4, -0.2) is 32.8 Å². The molecule has 0 radical (unpaired) electrons. The fraction of sp³-hybridized carbons (Fsp3) is 0.400. The van der Waals surface area contributed by atoms with E-state index in [-0.39, 0.29) is 28.2 Å². The van der Waals surface area contributed by atoms with Gasteiger partial charge in [0.05, 0.1) is 6.20 Å². The molecule has 0 aliphatic heterocycles. The van der Waals surface area contributed by atoms with E-state index >= 15 is 0 Å². The van der Waals surface area contributed by atoms with Crippen LogP contribution >= 0.6 is 12.2 Å². The maximum Gasteiger partial charge on any atom is 0.271 e. The second-order valence-electron chi connectivity index (χ2n) is 5.92. The molecule has 1 rings (SSSR count). The average Bonchev–Trinajstić information content (AvgIpc) is 2.44. The molecule has 1 heterocycles. The molecule has 1 atom stereocenters. The third-order valence-corrected chi connectivity index (χ3v) is 3.20. The summed E-state index contributed by atoms with van der Waals surface area (Å²) < 4.78 is 0. The number of anilines is 2. The normalized spacial score (nSPS) is 12.6. The fourth-order valence-corrected chi connectivity index (χ4v) is 2.26. The van der Waals surface area contributed by atoms with E-state index in [2.05, 4.69) is 20.6 Å². The Hall–Kier alpha value is -2.75. The van der Waals surface area contributed by atoms with Crippen molar-refractivity contribution in [3.05, 3.63) is 23.7 Å². The minimum absolute atomic E-state index is 0.0627. The molecule has 0 aromatic carbocycles. The number of rotatable bonds is 8. The van der Waals surface area contributed by atoms with E-state index < -0.39 is 17.9 Å². The Morgan fingerprint density at radius 2 is 1.96 bits per heavy atom. The lowest BCUT2D eigenvalue weighted by atomic mass is 10.0. The number of nitrogens with zero attached hydrogens (tertiary/aromatic N) is 2. The molecule has 1 aromatic rings. The predicted octanol–water partition coefficient (Wildman–Crippen LogP) is 0.489. The highest BCUT2D eigenvalue weighted by Gasteiger charge is 2.19. The molecule has 0 spiro atoms. The van der Waals surface area contributed by atoms with E-state index in [0.717, 1.165) is 0 Å². The fourth-order valence-electron chi connectivity index (χ4n) is 1.98. The van der Waals surface area contributed by atoms with Gasteiger partial charge in [0.15, 0.2) is 11.5 Å². The number of allylic oxidation sites excluding steroid dienone is 1. The van der Waals surface area contributed by atoms with Crippen LogP contribution in [0.4, 0.5) is 11.6 Å². The number of nitrogens with one attached hydrogen (secondary N) is 2. The van der Waals surface area contributed by atoms with Crippen LogP contribution in [0.5, 0.6) is 0 Å². The molecule has 136 valence electrons. The summed E-state index contributed by atoms with van der Waals surface area (Å²) in [6.45, 7) is 5.59. The molecule has 0 aliphatic rings. The minimum Gasteiger partial charge on any atom is -0.402 e. The Labute approximate surface area is 151 Å². The summed E-state index contributed by atoms with van der Waals surface area (Å²) in [5, 5.41) is 5.66. The molecule has 1 aromatic heterocycles. The summed E-state index contributed by atoms with van der Waals surface area (Å²) in [4.78, 5) is 31.5. The van der Waals surface area contributed by atoms with E-state index in [1.165, 1.54) is 12.3 Å². The molecule has 25 heavy (non-hydrogen) atoms. The van der Waals surface area contributed by atoms with Crippen molar-refractivity contribution in [3.8, 4) is 0 Å². The van der Waals surface area contributed by atoms with Gasteiger partial charge >= 0.3 is 0 Å². The van der Waals surface area contributed by atoms with Gasteiger partial charge in [-0.05, 0) is 25.3 Å². The van der Waals surface area contributed by atoms with Crippen LogP contribution in [0, 0.1) is 5.92 Å². The Balaban J connectivity index is 3.12. The lowest BCUT2D eigenvalue weighted by molar-refractivity contribution is -0.119. The van der Waals surface area contributed by atoms with Crippen LogP contribution in [0.1, 0.15) is 37.7 Å². The Kier molecular flexibility index (Phi) is 7.24. The quantitative estimate of drug-likeness (QED) is 0.328. The minimum atomic E-state index is -0.772. The van der Waals surface area contributed by atoms with Gasteiger partial charge in [0.25, 0.3) is 5.91 Å². The van der Waals surface area contributed by atoms with E-state index in [1.54, 1.807) is 6.92 Å². The second-order valence-corrected chi connectivity index (χ2v) is 6.36. The van der Waals surface area contributed by atoms with Crippen molar-refractivity contribution in [3.63, 3.8) is 0 Å². The highest BCUT2D eigenvalue weighted by atomic mass is 32.1. The highest BCUT2D eigenvalue weighted by Crippen LogP contribution is 2.16. The molecule has 9 nitrogen and oxygen atoms in total. The summed E-state index contributed by atoms with van der Waals surface area (Å²) in [7, 11) is 0. The van der Waals surface area contributed by atoms with E-state index in [0.29, 0.717) is 12.1 Å². The lowest BCUT2D eigenvalue weighted by Crippen LogP contribution is -2.37. The number of amides is 2. The van der Waals surface area contributed by atoms with Crippen LogP contribution in [-0.2, 0) is 4.79 Å². The monoisotopic (exact) mass is 365 g/mol. The Morgan fingerprint density at radius 1 is 1.32 bits per heavy atom. The van der Waals surface area contributed by atoms with Crippen LogP contribution in [0.15, 0.2) is 18.0 Å². The summed E-state index contributed by atoms with van der Waals surface area (Å²) in [5.41, 5.74) is 16.7. The van der Waals surface area contributed by atoms with E-state index in [4.69, 9.17) is 29.4 Å². The van der Waals surface area contributed by atoms with Crippen molar-refractivity contribution in [2.24, 2.45) is 23.1 Å². The molecule has 0 bridgehead atoms. The second kappa shape index (κ2) is 8.92. The maximum absolute atomic E-state index is 11.6. The first-order valence-electron chi connectivity index (χ1n) is 7.57. The number of hydrogen-bond acceptors (Lipinski definition) is 7. The standard InChI is InChI=1S/C15H23N7O2S/c1-7(2)4-9(13(17)23)20-10-6-19-12(14(18)24)15(21-10)22-11(25)5-8(3)16/h5-7,9H,4,16H2,1-3H3,(H2,17,23)(H2,18,24)(H2,20,21,22,25)/b8-5-/t9-/m1/s1. The number of nitrogens with two attached hydrogens (primary N) is 3. The third-order valence-electron chi connectivity index (χ3n) is 2.98. The highest BCUT2D eigenvalue weighted by molar-refractivity contribution is 7.81. The zero-order chi connectivity index (χ0) is 19.1. The van der Waals surface area contributed by atoms with Crippen LogP contribution < -0.4 is 27.8 Å². The van der Waals surface area contributed by atoms with E-state index in [1.807, 2.05) is 13.8 Å². The smallest absolute Gasteiger partial charge is 0.271 e. The number of carbonyl (C=O) groups is 2. The molecular formula is C15H23N7O2S. The molecule has 10 heteroatoms. The molecule has 0 aliphatic carbocycles. The third kappa shape index (κ3) is 6.71. The van der Waals surface area contributed by atoms with Gasteiger partial charge in [-0.15, -0.1) is 0 Å². The van der Waals surface area contributed by atoms with Crippen molar-refractivity contribution < 1.29 is 9.59 Å². The van der Waals surface area contributed by atoms with Crippen molar-refractivity contribution in [2.75, 3.05) is 10.6 Å². The number of primary amides is 2. The van der Waals surface area contributed by atoms with Crippen molar-refractivity contribution in [1.29, 1.82) is 0 Å². The van der Waals surface area contributed by atoms with Gasteiger partial charge in [0.2, 0.25) is 5.91 Å². The summed E-state index contributed by atoms with van der Waals surface area (Å²) in [6, 6.07) is -0.625. The van der Waals surface area contributed by atoms with Crippen LogP contribution in [0.2, 0.25) is 0 Å². The van der Waals surface area contributed by atoms with Crippen molar-refractivity contribution >= 4 is 40.7 Å². The van der Waals surface area contributed by atoms with Gasteiger partial charge in [-0.25, -0.2) is 9.97 Å². The van der Waals surface area contributed by atoms with Gasteiger partial charge in [-0.1, -0.05) is 26.1 Å². The lowest BCUT2D eigenvalue weighted by Gasteiger charge is -2.18. The van der Waals surface area contributed by atoms with Gasteiger partial charge in [0.1, 0.15) is 16.8 Å². The Morgan fingerprint density at radius 3 is 2.44 bits per heavy atom. The summed E-state index contributed by atoms with van der Waals surface area (Å²) >= 11 is 5.11. The summed E-state index contributed by atoms with van der Waals surface area (Å²) in [6.07, 6.45) is 3.31. The van der Waals surface area contributed by atoms with Crippen molar-refractivity contribution in [2.45, 2.75) is 33.2 Å². The van der Waals surface area contributed by atoms with Gasteiger partial charge in [0, 0.05) is 5.70 Å². The number of thiocarbonyl (C=S) groups is 1. The number of aromatic nitrogens is 2. The van der Waals surface area contributed by atoms with E-state index in [9.17, 15) is 9.59 Å². The van der Waals surface area contributed by atoms with Crippen LogP contribution in [0.25, 0.3) is 0 Å². The maximum atomic E-state index is 11.6. The molecular weight excluding hydrogens is 342 g/mol. The van der Waals surface area contributed by atoms with Crippen molar-refractivity contribution in [1.82, 2.24) is 9.97 Å². The SMILES string of the molecule is C/C(N)=C/C(=S)Nc1nc(N[C@H](CC(C)C)C(N)=O)cnc1C(N)=O. The molecule has 2 amide bonds. The zero-order valence-electron chi connectivity index (χ0n) is 14.4. The first-order valence-corrected chi connectivity index (χ1v) is 7.98. The first kappa shape index (κ1) is 20.3. The average molecular weight is 365 g/mol. The van der Waals surface area contributed by atoms with Crippen LogP contribution in [0.3, 0.4) is 0 Å². The number of hydrogen-bond donors (Lipinski definition) is 5. The topological polar surface area (TPSA) is 162 Å². The number of carbonyl (C=O) groups excluding carboxylic acids is 2. The Bertz CT molecular complexity index is 699. The molecule has 0 fully saturated rings. The summed E-state index contributed by atoms with van der Waals surface area (Å²) in [5.74, 6) is -0.723. The first-order chi connectivity index (χ1) is 11.6. The largest absolute Gasteiger partial charge is 0.402 e. The van der Waals surface area contributed by atoms with Gasteiger partial charge in [-0.2, -0.15) is 0 Å². The molecule has 0 saturated carbocycles. The molecule has 0 unspecified atom stereocenters. The van der Waals surface area contributed by atoms with Gasteiger partial charge in [-0.3, -0.25) is 9.59 Å². The molecule has 0 saturated heterocycles. The predicted molar refractivity (Wildman–Crippen MR) is 101 cm³/mol. The zero-order valence-corrected chi connectivity index (χ0v) is 15.2. The van der Waals surface area contributed by atoms with Gasteiger partial charge < -0.3 is 27.8 Å². The molecule has 8 N–H and O–H groups in total.